The highest BCUT2D eigenvalue weighted by Crippen LogP contribution is 2.34. The number of carbonyl (C=O) groups excluding carboxylic acids is 2. The molecule has 2 rings (SSSR count). The van der Waals surface area contributed by atoms with Crippen LogP contribution in [0, 0.1) is 5.92 Å². The molecule has 1 aromatic carbocycles. The summed E-state index contributed by atoms with van der Waals surface area (Å²) in [5.74, 6) is -1.84. The Balaban J connectivity index is 2.30. The molecule has 1 N–H and O–H groups in total. The topological polar surface area (TPSA) is 55.4 Å². The van der Waals surface area contributed by atoms with Crippen molar-refractivity contribution in [2.45, 2.75) is 12.8 Å². The molecule has 0 aromatic heterocycles. The van der Waals surface area contributed by atoms with Gasteiger partial charge in [-0.15, -0.1) is 0 Å². The van der Waals surface area contributed by atoms with Gasteiger partial charge in [0.25, 0.3) is 0 Å². The van der Waals surface area contributed by atoms with Crippen LogP contribution >= 0.6 is 11.6 Å². The molecule has 5 heteroatoms. The third-order valence-corrected chi connectivity index (χ3v) is 3.37. The largest absolute Gasteiger partial charge is 0.465 e. The van der Waals surface area contributed by atoms with Crippen LogP contribution in [-0.2, 0) is 14.3 Å². The number of hydrogen-bond acceptors (Lipinski definition) is 3. The molecular weight excluding hydrogens is 254 g/mol. The van der Waals surface area contributed by atoms with Crippen LogP contribution in [0.5, 0.6) is 0 Å². The van der Waals surface area contributed by atoms with Gasteiger partial charge < -0.3 is 10.1 Å². The zero-order chi connectivity index (χ0) is 13.1. The first-order valence-corrected chi connectivity index (χ1v) is 6.21. The normalized spacial score (nSPS) is 22.7. The van der Waals surface area contributed by atoms with Gasteiger partial charge in [0.2, 0.25) is 5.91 Å². The maximum Gasteiger partial charge on any atom is 0.319 e. The van der Waals surface area contributed by atoms with Gasteiger partial charge in [0, 0.05) is 17.5 Å². The van der Waals surface area contributed by atoms with E-state index < -0.39 is 11.9 Å². The molecule has 2 atom stereocenters. The summed E-state index contributed by atoms with van der Waals surface area (Å²) < 4.78 is 4.94. The Labute approximate surface area is 110 Å². The van der Waals surface area contributed by atoms with Crippen LogP contribution in [0.4, 0.5) is 0 Å². The number of benzene rings is 1. The summed E-state index contributed by atoms with van der Waals surface area (Å²) in [6.07, 6.45) is 0. The Kier molecular flexibility index (Phi) is 3.87. The molecule has 1 aliphatic rings. The second kappa shape index (κ2) is 5.40. The number of hydrogen-bond donors (Lipinski definition) is 1. The van der Waals surface area contributed by atoms with E-state index in [2.05, 4.69) is 5.32 Å². The quantitative estimate of drug-likeness (QED) is 0.670. The van der Waals surface area contributed by atoms with Gasteiger partial charge in [-0.1, -0.05) is 29.8 Å². The lowest BCUT2D eigenvalue weighted by atomic mass is 9.88. The molecule has 1 amide bonds. The third kappa shape index (κ3) is 2.34. The molecule has 4 nitrogen and oxygen atoms in total. The number of halogens is 1. The van der Waals surface area contributed by atoms with E-state index in [-0.39, 0.29) is 18.4 Å². The van der Waals surface area contributed by atoms with Crippen molar-refractivity contribution in [1.82, 2.24) is 5.32 Å². The van der Waals surface area contributed by atoms with Crippen molar-refractivity contribution < 1.29 is 14.3 Å². The Morgan fingerprint density at radius 1 is 1.50 bits per heavy atom. The molecule has 18 heavy (non-hydrogen) atoms. The van der Waals surface area contributed by atoms with Crippen LogP contribution in [0.1, 0.15) is 18.4 Å². The molecule has 2 unspecified atom stereocenters. The molecule has 0 radical (unpaired) electrons. The first-order chi connectivity index (χ1) is 8.65. The van der Waals surface area contributed by atoms with Crippen molar-refractivity contribution in [3.8, 4) is 0 Å². The second-order valence-electron chi connectivity index (χ2n) is 4.10. The number of amides is 1. The summed E-state index contributed by atoms with van der Waals surface area (Å²) in [6, 6.07) is 7.24. The number of rotatable bonds is 3. The van der Waals surface area contributed by atoms with Gasteiger partial charge in [0.15, 0.2) is 0 Å². The first-order valence-electron chi connectivity index (χ1n) is 5.84. The molecule has 0 bridgehead atoms. The van der Waals surface area contributed by atoms with Crippen molar-refractivity contribution in [3.05, 3.63) is 34.9 Å². The minimum absolute atomic E-state index is 0.259. The summed E-state index contributed by atoms with van der Waals surface area (Å²) >= 11 is 6.11. The van der Waals surface area contributed by atoms with Gasteiger partial charge in [0.1, 0.15) is 5.92 Å². The number of nitrogens with one attached hydrogen (secondary N) is 1. The lowest BCUT2D eigenvalue weighted by Gasteiger charge is -2.16. The van der Waals surface area contributed by atoms with E-state index in [4.69, 9.17) is 16.3 Å². The van der Waals surface area contributed by atoms with Gasteiger partial charge in [-0.3, -0.25) is 9.59 Å². The van der Waals surface area contributed by atoms with E-state index in [1.54, 1.807) is 13.0 Å². The van der Waals surface area contributed by atoms with Crippen molar-refractivity contribution in [1.29, 1.82) is 0 Å². The van der Waals surface area contributed by atoms with Crippen molar-refractivity contribution in [3.63, 3.8) is 0 Å². The van der Waals surface area contributed by atoms with E-state index in [1.807, 2.05) is 18.2 Å². The van der Waals surface area contributed by atoms with Gasteiger partial charge in [0.05, 0.1) is 6.61 Å². The fourth-order valence-corrected chi connectivity index (χ4v) is 2.47. The van der Waals surface area contributed by atoms with E-state index in [0.29, 0.717) is 11.6 Å². The molecule has 96 valence electrons. The molecule has 0 spiro atoms. The molecule has 0 saturated carbocycles. The monoisotopic (exact) mass is 267 g/mol. The molecule has 0 aliphatic carbocycles. The molecule has 1 fully saturated rings. The van der Waals surface area contributed by atoms with Crippen LogP contribution in [-0.4, -0.2) is 25.0 Å². The molecule has 1 aliphatic heterocycles. The zero-order valence-electron chi connectivity index (χ0n) is 9.98. The second-order valence-corrected chi connectivity index (χ2v) is 4.51. The smallest absolute Gasteiger partial charge is 0.319 e. The minimum Gasteiger partial charge on any atom is -0.465 e. The molecule has 1 saturated heterocycles. The lowest BCUT2D eigenvalue weighted by molar-refractivity contribution is -0.151. The van der Waals surface area contributed by atoms with Crippen molar-refractivity contribution in [2.75, 3.05) is 13.2 Å². The van der Waals surface area contributed by atoms with Gasteiger partial charge in [-0.2, -0.15) is 0 Å². The zero-order valence-corrected chi connectivity index (χ0v) is 10.7. The number of ether oxygens (including phenoxy) is 1. The summed E-state index contributed by atoms with van der Waals surface area (Å²) in [5.41, 5.74) is 0.801. The Hall–Kier alpha value is -1.55. The summed E-state index contributed by atoms with van der Waals surface area (Å²) in [5, 5.41) is 3.25. The SMILES string of the molecule is CCOC(=O)C1C(=O)NCC1c1ccccc1Cl. The summed E-state index contributed by atoms with van der Waals surface area (Å²) in [4.78, 5) is 23.6. The average Bonchev–Trinajstić information content (AvgIpc) is 2.72. The highest BCUT2D eigenvalue weighted by molar-refractivity contribution is 6.31. The lowest BCUT2D eigenvalue weighted by Crippen LogP contribution is -2.29. The fraction of sp³-hybridized carbons (Fsp3) is 0.385. The third-order valence-electron chi connectivity index (χ3n) is 3.03. The van der Waals surface area contributed by atoms with Gasteiger partial charge >= 0.3 is 5.97 Å². The highest BCUT2D eigenvalue weighted by atomic mass is 35.5. The maximum absolute atomic E-state index is 11.8. The molecule has 1 heterocycles. The maximum atomic E-state index is 11.8. The predicted molar refractivity (Wildman–Crippen MR) is 67.3 cm³/mol. The van der Waals surface area contributed by atoms with E-state index in [9.17, 15) is 9.59 Å². The predicted octanol–water partition coefficient (Wildman–Crippen LogP) is 1.73. The molecular formula is C13H14ClNO3. The molecule has 1 aromatic rings. The van der Waals surface area contributed by atoms with Crippen LogP contribution < -0.4 is 5.32 Å². The summed E-state index contributed by atoms with van der Waals surface area (Å²) in [6.45, 7) is 2.39. The van der Waals surface area contributed by atoms with Crippen LogP contribution in [0.3, 0.4) is 0 Å². The van der Waals surface area contributed by atoms with Gasteiger partial charge in [-0.05, 0) is 18.6 Å². The van der Waals surface area contributed by atoms with E-state index in [1.165, 1.54) is 0 Å². The van der Waals surface area contributed by atoms with Crippen LogP contribution in [0.2, 0.25) is 5.02 Å². The fourth-order valence-electron chi connectivity index (χ4n) is 2.19. The Bertz CT molecular complexity index is 475. The number of esters is 1. The standard InChI is InChI=1S/C13H14ClNO3/c1-2-18-13(17)11-9(7-15-12(11)16)8-5-3-4-6-10(8)14/h3-6,9,11H,2,7H2,1H3,(H,15,16). The Morgan fingerprint density at radius 3 is 2.89 bits per heavy atom. The van der Waals surface area contributed by atoms with Gasteiger partial charge in [-0.25, -0.2) is 0 Å². The van der Waals surface area contributed by atoms with E-state index in [0.717, 1.165) is 5.56 Å². The van der Waals surface area contributed by atoms with Crippen LogP contribution in [0.25, 0.3) is 0 Å². The van der Waals surface area contributed by atoms with Crippen molar-refractivity contribution >= 4 is 23.5 Å². The number of carbonyl (C=O) groups is 2. The average molecular weight is 268 g/mol. The minimum atomic E-state index is -0.801. The Morgan fingerprint density at radius 2 is 2.22 bits per heavy atom. The summed E-state index contributed by atoms with van der Waals surface area (Å²) in [7, 11) is 0. The first kappa shape index (κ1) is 12.9. The highest BCUT2D eigenvalue weighted by Gasteiger charge is 2.42. The van der Waals surface area contributed by atoms with Crippen molar-refractivity contribution in [2.24, 2.45) is 5.92 Å². The van der Waals surface area contributed by atoms with Crippen LogP contribution in [0.15, 0.2) is 24.3 Å². The van der Waals surface area contributed by atoms with E-state index >= 15 is 0 Å².